The van der Waals surface area contributed by atoms with Crippen LogP contribution in [0.15, 0.2) is 115 Å². The molecular weight excluding hydrogens is 392 g/mol. The van der Waals surface area contributed by atoms with Crippen LogP contribution in [-0.4, -0.2) is 13.9 Å². The zero-order chi connectivity index (χ0) is 21.3. The van der Waals surface area contributed by atoms with Crippen molar-refractivity contribution in [3.05, 3.63) is 138 Å². The van der Waals surface area contributed by atoms with Gasteiger partial charge in [0.25, 0.3) is 0 Å². The predicted octanol–water partition coefficient (Wildman–Crippen LogP) is 6.10. The molecule has 1 atom stereocenters. The van der Waals surface area contributed by atoms with Crippen molar-refractivity contribution < 1.29 is 4.79 Å². The largest absolute Gasteiger partial charge is 0.289 e. The van der Waals surface area contributed by atoms with E-state index in [0.29, 0.717) is 0 Å². The van der Waals surface area contributed by atoms with Crippen molar-refractivity contribution in [2.24, 2.45) is 0 Å². The van der Waals surface area contributed by atoms with Gasteiger partial charge in [0.05, 0.1) is 0 Å². The summed E-state index contributed by atoms with van der Waals surface area (Å²) >= 11 is 0. The minimum atomic E-state index is -2.31. The Balaban J connectivity index is 1.93. The van der Waals surface area contributed by atoms with Gasteiger partial charge in [-0.15, -0.1) is 0 Å². The van der Waals surface area contributed by atoms with Crippen LogP contribution in [0, 0.1) is 0 Å². The molecule has 0 aromatic heterocycles. The predicted molar refractivity (Wildman–Crippen MR) is 132 cm³/mol. The first kappa shape index (κ1) is 19.5. The van der Waals surface area contributed by atoms with Gasteiger partial charge in [-0.3, -0.25) is 4.79 Å². The lowest BCUT2D eigenvalue weighted by molar-refractivity contribution is 0.105. The second-order valence-electron chi connectivity index (χ2n) is 8.34. The van der Waals surface area contributed by atoms with E-state index in [1.165, 1.54) is 10.4 Å². The quantitative estimate of drug-likeness (QED) is 0.369. The Hall–Kier alpha value is -3.49. The first-order valence-electron chi connectivity index (χ1n) is 10.7. The van der Waals surface area contributed by atoms with Gasteiger partial charge >= 0.3 is 0 Å². The molecule has 0 fully saturated rings. The van der Waals surface area contributed by atoms with E-state index in [2.05, 4.69) is 85.4 Å². The molecule has 0 aliphatic carbocycles. The second-order valence-corrected chi connectivity index (χ2v) is 12.4. The standard InChI is InChI=1S/C29H24OSi/c1-31(25-18-9-4-10-19-25)21-24-17-11-12-20-26(24)28(30)27(22-13-5-2-6-14-22)29(31)23-15-7-3-8-16-23/h2-20H,21H2,1H3. The number of hydrogen-bond acceptors (Lipinski definition) is 1. The Kier molecular flexibility index (Phi) is 5.01. The van der Waals surface area contributed by atoms with Gasteiger partial charge in [0.15, 0.2) is 5.78 Å². The third-order valence-corrected chi connectivity index (χ3v) is 10.7. The van der Waals surface area contributed by atoms with Crippen LogP contribution >= 0.6 is 0 Å². The summed E-state index contributed by atoms with van der Waals surface area (Å²) in [4.78, 5) is 14.1. The number of ketones is 1. The number of carbonyl (C=O) groups excluding carboxylic acids is 1. The maximum absolute atomic E-state index is 14.1. The van der Waals surface area contributed by atoms with Crippen LogP contribution in [-0.2, 0) is 6.04 Å². The lowest BCUT2D eigenvalue weighted by Crippen LogP contribution is -2.49. The molecule has 150 valence electrons. The third-order valence-electron chi connectivity index (χ3n) is 6.37. The van der Waals surface area contributed by atoms with Crippen molar-refractivity contribution in [2.45, 2.75) is 12.6 Å². The Morgan fingerprint density at radius 1 is 0.613 bits per heavy atom. The fraction of sp³-hybridized carbons (Fsp3) is 0.0690. The molecular formula is C29H24OSi. The van der Waals surface area contributed by atoms with E-state index in [0.717, 1.165) is 33.9 Å². The van der Waals surface area contributed by atoms with Crippen LogP contribution in [0.2, 0.25) is 6.55 Å². The van der Waals surface area contributed by atoms with Gasteiger partial charge in [0.1, 0.15) is 8.07 Å². The number of benzene rings is 4. The molecule has 1 unspecified atom stereocenters. The lowest BCUT2D eigenvalue weighted by atomic mass is 9.92. The number of hydrogen-bond donors (Lipinski definition) is 0. The van der Waals surface area contributed by atoms with E-state index in [1.54, 1.807) is 0 Å². The van der Waals surface area contributed by atoms with Crippen molar-refractivity contribution >= 4 is 29.8 Å². The summed E-state index contributed by atoms with van der Waals surface area (Å²) in [5.41, 5.74) is 5.00. The van der Waals surface area contributed by atoms with E-state index in [-0.39, 0.29) is 5.78 Å². The molecule has 0 spiro atoms. The normalized spacial score (nSPS) is 18.4. The maximum atomic E-state index is 14.1. The Bertz CT molecular complexity index is 1260. The minimum Gasteiger partial charge on any atom is -0.289 e. The Morgan fingerprint density at radius 2 is 1.13 bits per heavy atom. The molecule has 2 heteroatoms. The van der Waals surface area contributed by atoms with Crippen molar-refractivity contribution in [3.8, 4) is 0 Å². The van der Waals surface area contributed by atoms with E-state index in [1.807, 2.05) is 36.4 Å². The van der Waals surface area contributed by atoms with Gasteiger partial charge in [-0.1, -0.05) is 127 Å². The summed E-state index contributed by atoms with van der Waals surface area (Å²) in [7, 11) is -2.31. The third kappa shape index (κ3) is 3.39. The van der Waals surface area contributed by atoms with Gasteiger partial charge in [-0.25, -0.2) is 0 Å². The monoisotopic (exact) mass is 416 g/mol. The fourth-order valence-corrected chi connectivity index (χ4v) is 9.17. The van der Waals surface area contributed by atoms with Gasteiger partial charge in [0, 0.05) is 11.1 Å². The van der Waals surface area contributed by atoms with Gasteiger partial charge < -0.3 is 0 Å². The van der Waals surface area contributed by atoms with E-state index < -0.39 is 8.07 Å². The summed E-state index contributed by atoms with van der Waals surface area (Å²) < 4.78 is 0. The van der Waals surface area contributed by atoms with E-state index >= 15 is 0 Å². The topological polar surface area (TPSA) is 17.1 Å². The molecule has 4 aromatic carbocycles. The smallest absolute Gasteiger partial charge is 0.193 e. The van der Waals surface area contributed by atoms with E-state index in [9.17, 15) is 4.79 Å². The SMILES string of the molecule is C[Si]1(c2ccccc2)Cc2ccccc2C(=O)C(c2ccccc2)=C1c1ccccc1. The van der Waals surface area contributed by atoms with Crippen LogP contribution in [0.25, 0.3) is 10.8 Å². The molecule has 0 saturated carbocycles. The summed E-state index contributed by atoms with van der Waals surface area (Å²) in [6.45, 7) is 2.42. The highest BCUT2D eigenvalue weighted by Gasteiger charge is 2.42. The average Bonchev–Trinajstić information content (AvgIpc) is 2.93. The van der Waals surface area contributed by atoms with Crippen LogP contribution in [0.1, 0.15) is 27.0 Å². The fourth-order valence-electron chi connectivity index (χ4n) is 4.89. The highest BCUT2D eigenvalue weighted by Crippen LogP contribution is 2.41. The molecule has 1 heterocycles. The molecule has 5 rings (SSSR count). The van der Waals surface area contributed by atoms with Gasteiger partial charge in [0.2, 0.25) is 0 Å². The Labute approximate surface area is 184 Å². The minimum absolute atomic E-state index is 0.132. The zero-order valence-electron chi connectivity index (χ0n) is 17.6. The molecule has 31 heavy (non-hydrogen) atoms. The number of Topliss-reactive ketones (excluding diaryl/α,β-unsaturated/α-hetero) is 1. The zero-order valence-corrected chi connectivity index (χ0v) is 18.6. The molecule has 0 radical (unpaired) electrons. The van der Waals surface area contributed by atoms with Crippen LogP contribution < -0.4 is 5.19 Å². The number of carbonyl (C=O) groups is 1. The maximum Gasteiger partial charge on any atom is 0.193 e. The van der Waals surface area contributed by atoms with Crippen LogP contribution in [0.4, 0.5) is 0 Å². The van der Waals surface area contributed by atoms with E-state index in [4.69, 9.17) is 0 Å². The molecule has 1 aliphatic heterocycles. The molecule has 4 aromatic rings. The number of fused-ring (bicyclic) bond motifs is 1. The lowest BCUT2D eigenvalue weighted by Gasteiger charge is -2.32. The second kappa shape index (κ2) is 7.97. The molecule has 0 bridgehead atoms. The van der Waals surface area contributed by atoms with Gasteiger partial charge in [-0.05, 0) is 27.9 Å². The van der Waals surface area contributed by atoms with Crippen molar-refractivity contribution in [3.63, 3.8) is 0 Å². The molecule has 1 aliphatic rings. The van der Waals surface area contributed by atoms with Crippen molar-refractivity contribution in [1.29, 1.82) is 0 Å². The first-order chi connectivity index (χ1) is 15.2. The molecule has 0 N–H and O–H groups in total. The number of rotatable bonds is 3. The molecule has 0 amide bonds. The van der Waals surface area contributed by atoms with Gasteiger partial charge in [-0.2, -0.15) is 0 Å². The molecule has 0 saturated heterocycles. The number of allylic oxidation sites excluding steroid dienone is 1. The highest BCUT2D eigenvalue weighted by molar-refractivity contribution is 7.07. The summed E-state index contributed by atoms with van der Waals surface area (Å²) in [5, 5.41) is 2.58. The highest BCUT2D eigenvalue weighted by atomic mass is 28.3. The Morgan fingerprint density at radius 3 is 1.77 bits per heavy atom. The van der Waals surface area contributed by atoms with Crippen LogP contribution in [0.5, 0.6) is 0 Å². The first-order valence-corrected chi connectivity index (χ1v) is 13.4. The molecule has 1 nitrogen and oxygen atoms in total. The summed E-state index contributed by atoms with van der Waals surface area (Å²) in [6.07, 6.45) is 0. The summed E-state index contributed by atoms with van der Waals surface area (Å²) in [5.74, 6) is 0.132. The van der Waals surface area contributed by atoms with Crippen molar-refractivity contribution in [1.82, 2.24) is 0 Å². The van der Waals surface area contributed by atoms with Crippen LogP contribution in [0.3, 0.4) is 0 Å². The summed E-state index contributed by atoms with van der Waals surface area (Å²) in [6, 6.07) is 40.6. The van der Waals surface area contributed by atoms with Crippen molar-refractivity contribution in [2.75, 3.05) is 0 Å². The average molecular weight is 417 g/mol.